The number of carbonyl (C=O) groups excluding carboxylic acids is 1. The van der Waals surface area contributed by atoms with Crippen LogP contribution in [0.1, 0.15) is 12.0 Å². The third-order valence-corrected chi connectivity index (χ3v) is 4.43. The summed E-state index contributed by atoms with van der Waals surface area (Å²) in [4.78, 5) is 11.8. The lowest BCUT2D eigenvalue weighted by Gasteiger charge is -2.12. The van der Waals surface area contributed by atoms with Crippen molar-refractivity contribution in [2.24, 2.45) is 5.73 Å². The Labute approximate surface area is 121 Å². The molecule has 1 aromatic carbocycles. The van der Waals surface area contributed by atoms with Gasteiger partial charge in [0.1, 0.15) is 9.84 Å². The molecule has 1 amide bonds. The third kappa shape index (κ3) is 5.71. The molecule has 1 aromatic rings. The van der Waals surface area contributed by atoms with Gasteiger partial charge in [-0.1, -0.05) is 15.9 Å². The number of anilines is 1. The van der Waals surface area contributed by atoms with Gasteiger partial charge < -0.3 is 11.1 Å². The van der Waals surface area contributed by atoms with Gasteiger partial charge in [-0.2, -0.15) is 0 Å². The molecular weight excluding hydrogens is 332 g/mol. The highest BCUT2D eigenvalue weighted by Crippen LogP contribution is 2.20. The molecule has 1 atom stereocenters. The molecule has 106 valence electrons. The lowest BCUT2D eigenvalue weighted by molar-refractivity contribution is -0.117. The van der Waals surface area contributed by atoms with Gasteiger partial charge in [-0.25, -0.2) is 8.42 Å². The molecule has 0 aromatic heterocycles. The zero-order valence-corrected chi connectivity index (χ0v) is 13.2. The molecular formula is C12H17BrN2O3S. The number of halogens is 1. The van der Waals surface area contributed by atoms with E-state index in [0.29, 0.717) is 5.69 Å². The molecule has 1 rings (SSSR count). The minimum Gasteiger partial charge on any atom is -0.325 e. The van der Waals surface area contributed by atoms with Gasteiger partial charge >= 0.3 is 0 Å². The van der Waals surface area contributed by atoms with E-state index in [9.17, 15) is 13.2 Å². The average molecular weight is 349 g/mol. The predicted octanol–water partition coefficient (Wildman–Crippen LogP) is 1.46. The lowest BCUT2D eigenvalue weighted by atomic mass is 10.2. The molecule has 0 radical (unpaired) electrons. The monoisotopic (exact) mass is 348 g/mol. The second-order valence-electron chi connectivity index (χ2n) is 4.48. The van der Waals surface area contributed by atoms with E-state index in [4.69, 9.17) is 5.73 Å². The molecule has 0 bridgehead atoms. The van der Waals surface area contributed by atoms with Crippen LogP contribution in [0.5, 0.6) is 0 Å². The molecule has 0 fully saturated rings. The quantitative estimate of drug-likeness (QED) is 0.842. The first-order valence-corrected chi connectivity index (χ1v) is 8.55. The van der Waals surface area contributed by atoms with Crippen molar-refractivity contribution in [2.75, 3.05) is 17.3 Å². The fourth-order valence-corrected chi connectivity index (χ4v) is 2.36. The number of sulfone groups is 1. The van der Waals surface area contributed by atoms with Crippen molar-refractivity contribution in [2.45, 2.75) is 19.4 Å². The summed E-state index contributed by atoms with van der Waals surface area (Å²) in [5.74, 6) is -0.480. The van der Waals surface area contributed by atoms with Gasteiger partial charge in [0, 0.05) is 16.4 Å². The molecule has 0 aliphatic heterocycles. The maximum atomic E-state index is 11.8. The van der Waals surface area contributed by atoms with Crippen LogP contribution in [0.15, 0.2) is 22.7 Å². The molecule has 0 heterocycles. The van der Waals surface area contributed by atoms with Crippen molar-refractivity contribution in [3.8, 4) is 0 Å². The van der Waals surface area contributed by atoms with Crippen molar-refractivity contribution in [1.29, 1.82) is 0 Å². The number of nitrogens with two attached hydrogens (primary N) is 1. The Morgan fingerprint density at radius 3 is 2.63 bits per heavy atom. The fraction of sp³-hybridized carbons (Fsp3) is 0.417. The van der Waals surface area contributed by atoms with E-state index in [1.165, 1.54) is 0 Å². The van der Waals surface area contributed by atoms with Crippen LogP contribution in [0.3, 0.4) is 0 Å². The number of benzene rings is 1. The first-order chi connectivity index (χ1) is 8.69. The Morgan fingerprint density at radius 1 is 1.47 bits per heavy atom. The highest BCUT2D eigenvalue weighted by atomic mass is 79.9. The number of amides is 1. The summed E-state index contributed by atoms with van der Waals surface area (Å²) in [6.07, 6.45) is 1.23. The smallest absolute Gasteiger partial charge is 0.241 e. The minimum atomic E-state index is -3.10. The summed E-state index contributed by atoms with van der Waals surface area (Å²) in [5, 5.41) is 2.67. The second-order valence-corrected chi connectivity index (χ2v) is 7.59. The Hall–Kier alpha value is -0.920. The van der Waals surface area contributed by atoms with Crippen molar-refractivity contribution in [3.63, 3.8) is 0 Å². The van der Waals surface area contributed by atoms with Gasteiger partial charge in [-0.15, -0.1) is 0 Å². The topological polar surface area (TPSA) is 89.3 Å². The molecule has 7 heteroatoms. The number of nitrogens with one attached hydrogen (secondary N) is 1. The molecule has 0 saturated heterocycles. The first-order valence-electron chi connectivity index (χ1n) is 5.69. The number of rotatable bonds is 5. The van der Waals surface area contributed by atoms with E-state index in [1.54, 1.807) is 6.07 Å². The molecule has 5 nitrogen and oxygen atoms in total. The molecule has 0 saturated carbocycles. The van der Waals surface area contributed by atoms with E-state index in [0.717, 1.165) is 16.3 Å². The number of hydrogen-bond donors (Lipinski definition) is 2. The lowest BCUT2D eigenvalue weighted by Crippen LogP contribution is -2.37. The van der Waals surface area contributed by atoms with Crippen LogP contribution in [0.25, 0.3) is 0 Å². The second kappa shape index (κ2) is 6.49. The number of carbonyl (C=O) groups is 1. The number of hydrogen-bond acceptors (Lipinski definition) is 4. The van der Waals surface area contributed by atoms with Crippen LogP contribution in [0, 0.1) is 6.92 Å². The minimum absolute atomic E-state index is 0.0963. The Morgan fingerprint density at radius 2 is 2.11 bits per heavy atom. The van der Waals surface area contributed by atoms with Crippen molar-refractivity contribution in [3.05, 3.63) is 28.2 Å². The van der Waals surface area contributed by atoms with Crippen molar-refractivity contribution in [1.82, 2.24) is 0 Å². The van der Waals surface area contributed by atoms with Crippen molar-refractivity contribution >= 4 is 37.4 Å². The summed E-state index contributed by atoms with van der Waals surface area (Å²) in [7, 11) is -3.10. The van der Waals surface area contributed by atoms with E-state index in [-0.39, 0.29) is 18.1 Å². The number of aryl methyl sites for hydroxylation is 1. The van der Waals surface area contributed by atoms with E-state index in [1.807, 2.05) is 19.1 Å². The highest BCUT2D eigenvalue weighted by molar-refractivity contribution is 9.10. The highest BCUT2D eigenvalue weighted by Gasteiger charge is 2.16. The largest absolute Gasteiger partial charge is 0.325 e. The normalized spacial score (nSPS) is 13.1. The summed E-state index contributed by atoms with van der Waals surface area (Å²) < 4.78 is 23.0. The molecule has 0 spiro atoms. The van der Waals surface area contributed by atoms with Crippen LogP contribution in [-0.4, -0.2) is 32.4 Å². The van der Waals surface area contributed by atoms with Crippen LogP contribution >= 0.6 is 15.9 Å². The van der Waals surface area contributed by atoms with Crippen LogP contribution < -0.4 is 11.1 Å². The van der Waals surface area contributed by atoms with E-state index in [2.05, 4.69) is 21.2 Å². The van der Waals surface area contributed by atoms with Gasteiger partial charge in [0.2, 0.25) is 5.91 Å². The standard InChI is InChI=1S/C12H17BrN2O3S/c1-8-7-9(3-4-10(8)13)15-12(16)11(14)5-6-19(2,17)18/h3-4,7,11H,5-6,14H2,1-2H3,(H,15,16). The molecule has 1 unspecified atom stereocenters. The van der Waals surface area contributed by atoms with E-state index < -0.39 is 15.9 Å². The zero-order valence-electron chi connectivity index (χ0n) is 10.8. The van der Waals surface area contributed by atoms with Crippen molar-refractivity contribution < 1.29 is 13.2 Å². The maximum absolute atomic E-state index is 11.8. The Kier molecular flexibility index (Phi) is 5.51. The fourth-order valence-electron chi connectivity index (χ4n) is 1.43. The molecule has 0 aliphatic rings. The third-order valence-electron chi connectivity index (χ3n) is 2.56. The Balaban J connectivity index is 2.61. The predicted molar refractivity (Wildman–Crippen MR) is 79.8 cm³/mol. The van der Waals surface area contributed by atoms with Gasteiger partial charge in [-0.05, 0) is 37.1 Å². The van der Waals surface area contributed by atoms with Gasteiger partial charge in [0.25, 0.3) is 0 Å². The maximum Gasteiger partial charge on any atom is 0.241 e. The molecule has 0 aliphatic carbocycles. The summed E-state index contributed by atoms with van der Waals surface area (Å²) in [6.45, 7) is 1.91. The van der Waals surface area contributed by atoms with Crippen LogP contribution in [-0.2, 0) is 14.6 Å². The first kappa shape index (κ1) is 16.1. The molecule has 3 N–H and O–H groups in total. The van der Waals surface area contributed by atoms with Gasteiger partial charge in [-0.3, -0.25) is 4.79 Å². The molecule has 19 heavy (non-hydrogen) atoms. The van der Waals surface area contributed by atoms with E-state index >= 15 is 0 Å². The Bertz CT molecular complexity index is 572. The summed E-state index contributed by atoms with van der Waals surface area (Å²) >= 11 is 3.37. The van der Waals surface area contributed by atoms with Crippen LogP contribution in [0.2, 0.25) is 0 Å². The summed E-state index contributed by atoms with van der Waals surface area (Å²) in [5.41, 5.74) is 7.28. The SMILES string of the molecule is Cc1cc(NC(=O)C(N)CCS(C)(=O)=O)ccc1Br. The zero-order chi connectivity index (χ0) is 14.6. The van der Waals surface area contributed by atoms with Gasteiger partial charge in [0.05, 0.1) is 11.8 Å². The van der Waals surface area contributed by atoms with Gasteiger partial charge in [0.15, 0.2) is 0 Å². The summed E-state index contributed by atoms with van der Waals surface area (Å²) in [6, 6.07) is 4.55. The van der Waals surface area contributed by atoms with Crippen LogP contribution in [0.4, 0.5) is 5.69 Å². The average Bonchev–Trinajstić information content (AvgIpc) is 2.29.